The van der Waals surface area contributed by atoms with Crippen LogP contribution >= 0.6 is 0 Å². The van der Waals surface area contributed by atoms with Crippen LogP contribution in [-0.4, -0.2) is 9.76 Å². The van der Waals surface area contributed by atoms with Crippen LogP contribution in [0.2, 0.25) is 0 Å². The number of para-hydroxylation sites is 1. The number of hydrogen-bond donors (Lipinski definition) is 0. The second-order valence-corrected chi connectivity index (χ2v) is 5.06. The summed E-state index contributed by atoms with van der Waals surface area (Å²) in [7, 11) is 0.444. The number of rotatable bonds is 3. The van der Waals surface area contributed by atoms with Gasteiger partial charge in [0.05, 0.1) is 0 Å². The van der Waals surface area contributed by atoms with Gasteiger partial charge < -0.3 is 4.43 Å². The van der Waals surface area contributed by atoms with Gasteiger partial charge in [0.2, 0.25) is 0 Å². The Morgan fingerprint density at radius 1 is 0.882 bits per heavy atom. The average molecular weight is 236 g/mol. The van der Waals surface area contributed by atoms with Crippen molar-refractivity contribution in [2.45, 2.75) is 5.54 Å². The molecule has 0 saturated carbocycles. The van der Waals surface area contributed by atoms with Crippen molar-refractivity contribution < 1.29 is 4.43 Å². The summed E-state index contributed by atoms with van der Waals surface area (Å²) in [6.07, 6.45) is 4.41. The van der Waals surface area contributed by atoms with Gasteiger partial charge in [-0.25, -0.2) is 0 Å². The molecular weight excluding hydrogens is 224 g/mol. The first-order chi connectivity index (χ1) is 8.43. The third-order valence-electron chi connectivity index (χ3n) is 2.85. The molecule has 2 aromatic carbocycles. The fourth-order valence-corrected chi connectivity index (χ4v) is 2.94. The Labute approximate surface area is 104 Å². The van der Waals surface area contributed by atoms with Gasteiger partial charge in [0.25, 0.3) is 0 Å². The Hall–Kier alpha value is -1.80. The summed E-state index contributed by atoms with van der Waals surface area (Å²) < 4.78 is 5.82. The Morgan fingerprint density at radius 3 is 2.53 bits per heavy atom. The molecule has 1 nitrogen and oxygen atoms in total. The predicted octanol–water partition coefficient (Wildman–Crippen LogP) is 3.45. The van der Waals surface area contributed by atoms with Crippen LogP contribution in [0, 0.1) is 0 Å². The van der Waals surface area contributed by atoms with E-state index in [1.807, 2.05) is 30.3 Å². The molecule has 3 rings (SSSR count). The standard InChI is InChI=1S/C15H12OSi/c1-2-7-13(8-3-1)16-17-15-11-10-12-6-4-5-9-14(12)15/h1-11,15H. The average Bonchev–Trinajstić information content (AvgIpc) is 2.81. The van der Waals surface area contributed by atoms with Crippen molar-refractivity contribution in [2.75, 3.05) is 0 Å². The van der Waals surface area contributed by atoms with Gasteiger partial charge in [-0.15, -0.1) is 0 Å². The van der Waals surface area contributed by atoms with Crippen LogP contribution in [-0.2, 0) is 0 Å². The van der Waals surface area contributed by atoms with E-state index >= 15 is 0 Å². The van der Waals surface area contributed by atoms with E-state index < -0.39 is 0 Å². The smallest absolute Gasteiger partial charge is 0.323 e. The zero-order chi connectivity index (χ0) is 11.5. The molecule has 1 atom stereocenters. The molecule has 0 spiro atoms. The molecular formula is C15H12OSi. The second-order valence-electron chi connectivity index (χ2n) is 4.00. The van der Waals surface area contributed by atoms with Crippen LogP contribution in [0.4, 0.5) is 0 Å². The lowest BCUT2D eigenvalue weighted by atomic mass is 10.1. The lowest BCUT2D eigenvalue weighted by molar-refractivity contribution is 0.586. The van der Waals surface area contributed by atoms with E-state index in [2.05, 4.69) is 36.4 Å². The maximum Gasteiger partial charge on any atom is 0.323 e. The first-order valence-electron chi connectivity index (χ1n) is 5.68. The summed E-state index contributed by atoms with van der Waals surface area (Å²) in [5.74, 6) is 0.948. The fourth-order valence-electron chi connectivity index (χ4n) is 1.97. The molecule has 17 heavy (non-hydrogen) atoms. The minimum atomic E-state index is 0.409. The first kappa shape index (κ1) is 10.4. The number of hydrogen-bond acceptors (Lipinski definition) is 1. The molecule has 2 aromatic rings. The van der Waals surface area contributed by atoms with Crippen molar-refractivity contribution in [1.29, 1.82) is 0 Å². The van der Waals surface area contributed by atoms with E-state index in [1.165, 1.54) is 11.1 Å². The number of benzene rings is 2. The Bertz CT molecular complexity index is 534. The SMILES string of the molecule is C1=CC([Si]Oc2ccccc2)c2ccccc21. The summed E-state index contributed by atoms with van der Waals surface area (Å²) in [6.45, 7) is 0. The lowest BCUT2D eigenvalue weighted by Crippen LogP contribution is -2.11. The molecule has 0 aliphatic heterocycles. The normalized spacial score (nSPS) is 16.8. The summed E-state index contributed by atoms with van der Waals surface area (Å²) >= 11 is 0. The molecule has 0 saturated heterocycles. The molecule has 0 fully saturated rings. The van der Waals surface area contributed by atoms with Gasteiger partial charge in [-0.3, -0.25) is 0 Å². The minimum absolute atomic E-state index is 0.409. The van der Waals surface area contributed by atoms with E-state index in [0.29, 0.717) is 15.3 Å². The second kappa shape index (κ2) is 4.59. The van der Waals surface area contributed by atoms with Gasteiger partial charge in [-0.1, -0.05) is 54.6 Å². The van der Waals surface area contributed by atoms with Gasteiger partial charge in [0.15, 0.2) is 0 Å². The number of allylic oxidation sites excluding steroid dienone is 1. The maximum absolute atomic E-state index is 5.82. The van der Waals surface area contributed by atoms with Gasteiger partial charge in [-0.05, 0) is 23.3 Å². The molecule has 82 valence electrons. The maximum atomic E-state index is 5.82. The Balaban J connectivity index is 1.70. The van der Waals surface area contributed by atoms with Crippen LogP contribution in [0.25, 0.3) is 6.08 Å². The third kappa shape index (κ3) is 2.17. The molecule has 0 N–H and O–H groups in total. The van der Waals surface area contributed by atoms with E-state index in [9.17, 15) is 0 Å². The third-order valence-corrected chi connectivity index (χ3v) is 3.96. The molecule has 1 aliphatic rings. The van der Waals surface area contributed by atoms with E-state index in [0.717, 1.165) is 5.75 Å². The van der Waals surface area contributed by atoms with Crippen LogP contribution in [0.5, 0.6) is 5.75 Å². The zero-order valence-electron chi connectivity index (χ0n) is 9.34. The highest BCUT2D eigenvalue weighted by Gasteiger charge is 2.19. The Kier molecular flexibility index (Phi) is 2.80. The molecule has 0 aromatic heterocycles. The highest BCUT2D eigenvalue weighted by Crippen LogP contribution is 2.29. The predicted molar refractivity (Wildman–Crippen MR) is 71.0 cm³/mol. The van der Waals surface area contributed by atoms with Gasteiger partial charge in [0.1, 0.15) is 5.75 Å². The van der Waals surface area contributed by atoms with Crippen LogP contribution < -0.4 is 4.43 Å². The summed E-state index contributed by atoms with van der Waals surface area (Å²) in [4.78, 5) is 0. The summed E-state index contributed by atoms with van der Waals surface area (Å²) in [6, 6.07) is 18.5. The van der Waals surface area contributed by atoms with Gasteiger partial charge in [-0.2, -0.15) is 0 Å². The first-order valence-corrected chi connectivity index (χ1v) is 6.66. The topological polar surface area (TPSA) is 9.23 Å². The van der Waals surface area contributed by atoms with Crippen LogP contribution in [0.15, 0.2) is 60.7 Å². The van der Waals surface area contributed by atoms with Crippen molar-refractivity contribution in [3.63, 3.8) is 0 Å². The van der Waals surface area contributed by atoms with Crippen molar-refractivity contribution >= 4 is 15.8 Å². The zero-order valence-corrected chi connectivity index (χ0v) is 10.3. The monoisotopic (exact) mass is 236 g/mol. The number of fused-ring (bicyclic) bond motifs is 1. The largest absolute Gasteiger partial charge is 0.540 e. The van der Waals surface area contributed by atoms with Crippen molar-refractivity contribution in [2.24, 2.45) is 0 Å². The van der Waals surface area contributed by atoms with Crippen molar-refractivity contribution in [1.82, 2.24) is 0 Å². The van der Waals surface area contributed by atoms with Gasteiger partial charge in [0, 0.05) is 5.54 Å². The van der Waals surface area contributed by atoms with E-state index in [1.54, 1.807) is 0 Å². The van der Waals surface area contributed by atoms with Gasteiger partial charge >= 0.3 is 9.76 Å². The van der Waals surface area contributed by atoms with Crippen molar-refractivity contribution in [3.05, 3.63) is 71.8 Å². The fraction of sp³-hybridized carbons (Fsp3) is 0.0667. The molecule has 2 heteroatoms. The molecule has 0 bridgehead atoms. The van der Waals surface area contributed by atoms with Crippen LogP contribution in [0.3, 0.4) is 0 Å². The molecule has 1 unspecified atom stereocenters. The molecule has 2 radical (unpaired) electrons. The molecule has 0 amide bonds. The quantitative estimate of drug-likeness (QED) is 0.742. The minimum Gasteiger partial charge on any atom is -0.540 e. The molecule has 1 aliphatic carbocycles. The van der Waals surface area contributed by atoms with E-state index in [4.69, 9.17) is 4.43 Å². The van der Waals surface area contributed by atoms with Crippen molar-refractivity contribution in [3.8, 4) is 5.75 Å². The molecule has 0 heterocycles. The summed E-state index contributed by atoms with van der Waals surface area (Å²) in [5, 5.41) is 0. The van der Waals surface area contributed by atoms with Crippen LogP contribution in [0.1, 0.15) is 16.7 Å². The van der Waals surface area contributed by atoms with E-state index in [-0.39, 0.29) is 0 Å². The highest BCUT2D eigenvalue weighted by molar-refractivity contribution is 6.32. The lowest BCUT2D eigenvalue weighted by Gasteiger charge is -2.10. The summed E-state index contributed by atoms with van der Waals surface area (Å²) in [5.41, 5.74) is 3.11. The highest BCUT2D eigenvalue weighted by atomic mass is 28.2. The Morgan fingerprint density at radius 2 is 1.65 bits per heavy atom.